The standard InChI is InChI=1S/C13H9Cl2NO3/c1-7-12(13(18)19)11(17)4-5-16(7)8-2-3-9(14)10(15)6-8/h2-6H,1H3,(H,18,19). The summed E-state index contributed by atoms with van der Waals surface area (Å²) in [7, 11) is 0. The van der Waals surface area contributed by atoms with Crippen LogP contribution in [0.4, 0.5) is 0 Å². The maximum atomic E-state index is 11.5. The molecule has 2 aromatic rings. The third-order valence-corrected chi connectivity index (χ3v) is 3.48. The van der Waals surface area contributed by atoms with Crippen LogP contribution in [0.3, 0.4) is 0 Å². The van der Waals surface area contributed by atoms with E-state index in [-0.39, 0.29) is 5.56 Å². The zero-order valence-electron chi connectivity index (χ0n) is 9.85. The molecule has 0 atom stereocenters. The Labute approximate surface area is 118 Å². The molecule has 0 saturated heterocycles. The molecule has 1 heterocycles. The lowest BCUT2D eigenvalue weighted by Gasteiger charge is -2.13. The highest BCUT2D eigenvalue weighted by Gasteiger charge is 2.15. The zero-order valence-corrected chi connectivity index (χ0v) is 11.4. The summed E-state index contributed by atoms with van der Waals surface area (Å²) in [4.78, 5) is 22.6. The van der Waals surface area contributed by atoms with E-state index in [0.717, 1.165) is 0 Å². The van der Waals surface area contributed by atoms with Crippen LogP contribution >= 0.6 is 23.2 Å². The normalized spacial score (nSPS) is 10.5. The molecule has 0 radical (unpaired) electrons. The molecule has 0 amide bonds. The van der Waals surface area contributed by atoms with E-state index in [2.05, 4.69) is 0 Å². The average molecular weight is 298 g/mol. The summed E-state index contributed by atoms with van der Waals surface area (Å²) < 4.78 is 1.58. The van der Waals surface area contributed by atoms with Crippen molar-refractivity contribution in [1.29, 1.82) is 0 Å². The predicted octanol–water partition coefficient (Wildman–Crippen LogP) is 3.15. The Hall–Kier alpha value is -1.78. The molecular weight excluding hydrogens is 289 g/mol. The molecule has 0 unspecified atom stereocenters. The molecule has 0 bridgehead atoms. The minimum absolute atomic E-state index is 0.256. The monoisotopic (exact) mass is 297 g/mol. The van der Waals surface area contributed by atoms with E-state index in [1.54, 1.807) is 29.7 Å². The predicted molar refractivity (Wildman–Crippen MR) is 73.8 cm³/mol. The van der Waals surface area contributed by atoms with Gasteiger partial charge < -0.3 is 9.67 Å². The number of benzene rings is 1. The summed E-state index contributed by atoms with van der Waals surface area (Å²) in [5.74, 6) is -1.25. The van der Waals surface area contributed by atoms with Crippen molar-refractivity contribution in [3.05, 3.63) is 62.0 Å². The van der Waals surface area contributed by atoms with E-state index in [1.807, 2.05) is 0 Å². The van der Waals surface area contributed by atoms with Gasteiger partial charge in [0, 0.05) is 23.6 Å². The summed E-state index contributed by atoms with van der Waals surface area (Å²) in [6.07, 6.45) is 1.50. The lowest BCUT2D eigenvalue weighted by Crippen LogP contribution is -2.19. The fraction of sp³-hybridized carbons (Fsp3) is 0.0769. The van der Waals surface area contributed by atoms with Crippen molar-refractivity contribution < 1.29 is 9.90 Å². The van der Waals surface area contributed by atoms with Gasteiger partial charge in [-0.1, -0.05) is 23.2 Å². The Morgan fingerprint density at radius 1 is 1.21 bits per heavy atom. The van der Waals surface area contributed by atoms with Gasteiger partial charge >= 0.3 is 5.97 Å². The van der Waals surface area contributed by atoms with Gasteiger partial charge in [-0.25, -0.2) is 4.79 Å². The summed E-state index contributed by atoms with van der Waals surface area (Å²) in [5.41, 5.74) is 0.183. The Kier molecular flexibility index (Phi) is 3.64. The Morgan fingerprint density at radius 2 is 1.89 bits per heavy atom. The van der Waals surface area contributed by atoms with Gasteiger partial charge in [0.25, 0.3) is 0 Å². The molecule has 98 valence electrons. The highest BCUT2D eigenvalue weighted by Crippen LogP contribution is 2.25. The van der Waals surface area contributed by atoms with Crippen molar-refractivity contribution in [3.63, 3.8) is 0 Å². The number of carbonyl (C=O) groups is 1. The molecular formula is C13H9Cl2NO3. The molecule has 1 aromatic heterocycles. The molecule has 2 rings (SSSR count). The Bertz CT molecular complexity index is 722. The topological polar surface area (TPSA) is 59.3 Å². The fourth-order valence-electron chi connectivity index (χ4n) is 1.81. The second kappa shape index (κ2) is 5.07. The number of rotatable bonds is 2. The first-order valence-electron chi connectivity index (χ1n) is 5.33. The highest BCUT2D eigenvalue weighted by molar-refractivity contribution is 6.42. The molecule has 1 aromatic carbocycles. The van der Waals surface area contributed by atoms with Crippen molar-refractivity contribution in [2.75, 3.05) is 0 Å². The van der Waals surface area contributed by atoms with Crippen molar-refractivity contribution in [2.45, 2.75) is 6.92 Å². The molecule has 4 nitrogen and oxygen atoms in total. The third-order valence-electron chi connectivity index (χ3n) is 2.74. The molecule has 19 heavy (non-hydrogen) atoms. The van der Waals surface area contributed by atoms with Crippen molar-refractivity contribution in [2.24, 2.45) is 0 Å². The van der Waals surface area contributed by atoms with Crippen LogP contribution in [0.15, 0.2) is 35.3 Å². The number of hydrogen-bond donors (Lipinski definition) is 1. The first-order chi connectivity index (χ1) is 8.91. The number of hydrogen-bond acceptors (Lipinski definition) is 2. The van der Waals surface area contributed by atoms with Gasteiger partial charge in [0.1, 0.15) is 5.56 Å². The number of aromatic nitrogens is 1. The van der Waals surface area contributed by atoms with Gasteiger partial charge in [0.2, 0.25) is 0 Å². The van der Waals surface area contributed by atoms with Crippen LogP contribution in [0.5, 0.6) is 0 Å². The van der Waals surface area contributed by atoms with E-state index in [4.69, 9.17) is 28.3 Å². The second-order valence-electron chi connectivity index (χ2n) is 3.91. The number of aromatic carboxylic acids is 1. The minimum atomic E-state index is -1.25. The van der Waals surface area contributed by atoms with Crippen LogP contribution in [-0.2, 0) is 0 Å². The van der Waals surface area contributed by atoms with Gasteiger partial charge in [-0.2, -0.15) is 0 Å². The third kappa shape index (κ3) is 2.50. The summed E-state index contributed by atoms with van der Waals surface area (Å²) in [5, 5.41) is 9.82. The van der Waals surface area contributed by atoms with Crippen LogP contribution in [0.2, 0.25) is 10.0 Å². The highest BCUT2D eigenvalue weighted by atomic mass is 35.5. The van der Waals surface area contributed by atoms with Crippen LogP contribution in [-0.4, -0.2) is 15.6 Å². The molecule has 6 heteroatoms. The second-order valence-corrected chi connectivity index (χ2v) is 4.73. The maximum absolute atomic E-state index is 11.5. The van der Waals surface area contributed by atoms with Crippen LogP contribution < -0.4 is 5.43 Å². The number of halogens is 2. The van der Waals surface area contributed by atoms with Crippen molar-refractivity contribution in [3.8, 4) is 5.69 Å². The largest absolute Gasteiger partial charge is 0.477 e. The van der Waals surface area contributed by atoms with Gasteiger partial charge in [-0.15, -0.1) is 0 Å². The first kappa shape index (κ1) is 13.6. The smallest absolute Gasteiger partial charge is 0.341 e. The lowest BCUT2D eigenvalue weighted by molar-refractivity contribution is 0.0694. The van der Waals surface area contributed by atoms with E-state index in [0.29, 0.717) is 21.4 Å². The van der Waals surface area contributed by atoms with Crippen molar-refractivity contribution >= 4 is 29.2 Å². The fourth-order valence-corrected chi connectivity index (χ4v) is 2.10. The number of pyridine rings is 1. The Morgan fingerprint density at radius 3 is 2.47 bits per heavy atom. The van der Waals surface area contributed by atoms with Gasteiger partial charge in [-0.05, 0) is 25.1 Å². The first-order valence-corrected chi connectivity index (χ1v) is 6.08. The molecule has 0 spiro atoms. The summed E-state index contributed by atoms with van der Waals surface area (Å²) >= 11 is 11.8. The van der Waals surface area contributed by atoms with Crippen LogP contribution in [0.25, 0.3) is 5.69 Å². The number of carboxylic acids is 1. The van der Waals surface area contributed by atoms with Gasteiger partial charge in [-0.3, -0.25) is 4.79 Å². The minimum Gasteiger partial charge on any atom is -0.477 e. The average Bonchev–Trinajstić information content (AvgIpc) is 2.33. The summed E-state index contributed by atoms with van der Waals surface area (Å²) in [6, 6.07) is 6.11. The van der Waals surface area contributed by atoms with E-state index in [9.17, 15) is 9.59 Å². The van der Waals surface area contributed by atoms with Gasteiger partial charge in [0.15, 0.2) is 5.43 Å². The van der Waals surface area contributed by atoms with E-state index in [1.165, 1.54) is 12.3 Å². The summed E-state index contributed by atoms with van der Waals surface area (Å²) in [6.45, 7) is 1.56. The zero-order chi connectivity index (χ0) is 14.2. The number of nitrogens with zero attached hydrogens (tertiary/aromatic N) is 1. The SMILES string of the molecule is Cc1c(C(=O)O)c(=O)ccn1-c1ccc(Cl)c(Cl)c1. The van der Waals surface area contributed by atoms with Crippen LogP contribution in [0, 0.1) is 6.92 Å². The van der Waals surface area contributed by atoms with Crippen molar-refractivity contribution in [1.82, 2.24) is 4.57 Å². The number of carboxylic acid groups (broad SMARTS) is 1. The molecule has 0 fully saturated rings. The molecule has 0 aliphatic carbocycles. The Balaban J connectivity index is 2.70. The van der Waals surface area contributed by atoms with E-state index >= 15 is 0 Å². The molecule has 0 saturated carbocycles. The maximum Gasteiger partial charge on any atom is 0.341 e. The van der Waals surface area contributed by atoms with E-state index < -0.39 is 11.4 Å². The lowest BCUT2D eigenvalue weighted by atomic mass is 10.2. The van der Waals surface area contributed by atoms with Gasteiger partial charge in [0.05, 0.1) is 10.0 Å². The molecule has 0 aliphatic heterocycles. The van der Waals surface area contributed by atoms with Crippen LogP contribution in [0.1, 0.15) is 16.1 Å². The molecule has 1 N–H and O–H groups in total. The quantitative estimate of drug-likeness (QED) is 0.926. The molecule has 0 aliphatic rings.